The molecule has 1 aliphatic rings. The number of sulfonamides is 1. The van der Waals surface area contributed by atoms with Gasteiger partial charge in [0.15, 0.2) is 6.10 Å². The van der Waals surface area contributed by atoms with Crippen molar-refractivity contribution >= 4 is 32.4 Å². The van der Waals surface area contributed by atoms with Crippen molar-refractivity contribution in [2.45, 2.75) is 43.6 Å². The van der Waals surface area contributed by atoms with Gasteiger partial charge in [-0.1, -0.05) is 43.7 Å². The van der Waals surface area contributed by atoms with E-state index in [4.69, 9.17) is 4.74 Å². The molecule has 1 unspecified atom stereocenters. The van der Waals surface area contributed by atoms with Crippen LogP contribution in [0.25, 0.3) is 10.8 Å². The number of carbonyl (C=O) groups excluding carboxylic acids is 1. The Labute approximate surface area is 189 Å². The summed E-state index contributed by atoms with van der Waals surface area (Å²) < 4.78 is 33.1. The minimum Gasteiger partial charge on any atom is -0.481 e. The van der Waals surface area contributed by atoms with Gasteiger partial charge in [0.2, 0.25) is 10.0 Å². The molecule has 0 bridgehead atoms. The first kappa shape index (κ1) is 22.3. The van der Waals surface area contributed by atoms with E-state index in [0.29, 0.717) is 30.9 Å². The van der Waals surface area contributed by atoms with Gasteiger partial charge in [0, 0.05) is 18.8 Å². The first-order valence-corrected chi connectivity index (χ1v) is 12.5. The molecule has 1 fully saturated rings. The van der Waals surface area contributed by atoms with Crippen LogP contribution in [0.4, 0.5) is 5.69 Å². The standard InChI is InChI=1S/C25H28N2O4S/c1-2-24(31-22-13-10-19-8-4-5-9-20(19)18-22)25(28)26-21-11-14-23(15-12-21)32(29,30)27-16-6-3-7-17-27/h4-5,8-15,18,24H,2-3,6-7,16-17H2,1H3,(H,26,28). The third-order valence-corrected chi connectivity index (χ3v) is 7.65. The molecule has 1 N–H and O–H groups in total. The van der Waals surface area contributed by atoms with E-state index in [-0.39, 0.29) is 10.8 Å². The van der Waals surface area contributed by atoms with Gasteiger partial charge in [-0.25, -0.2) is 8.42 Å². The number of rotatable bonds is 7. The summed E-state index contributed by atoms with van der Waals surface area (Å²) in [5.74, 6) is 0.362. The van der Waals surface area contributed by atoms with E-state index in [0.717, 1.165) is 30.0 Å². The Hall–Kier alpha value is -2.90. The zero-order chi connectivity index (χ0) is 22.6. The van der Waals surface area contributed by atoms with Crippen LogP contribution in [0.5, 0.6) is 5.75 Å². The van der Waals surface area contributed by atoms with E-state index in [1.807, 2.05) is 49.4 Å². The lowest BCUT2D eigenvalue weighted by atomic mass is 10.1. The van der Waals surface area contributed by atoms with Gasteiger partial charge in [-0.3, -0.25) is 4.79 Å². The second kappa shape index (κ2) is 9.71. The van der Waals surface area contributed by atoms with Crippen LogP contribution in [0.15, 0.2) is 71.6 Å². The van der Waals surface area contributed by atoms with Gasteiger partial charge in [-0.05, 0) is 66.4 Å². The van der Waals surface area contributed by atoms with Crippen molar-refractivity contribution in [1.82, 2.24) is 4.31 Å². The quantitative estimate of drug-likeness (QED) is 0.558. The van der Waals surface area contributed by atoms with Crippen LogP contribution in [0.2, 0.25) is 0 Å². The molecule has 0 spiro atoms. The number of anilines is 1. The molecule has 3 aromatic carbocycles. The topological polar surface area (TPSA) is 75.7 Å². The maximum atomic E-state index is 12.8. The molecule has 0 aromatic heterocycles. The number of hydrogen-bond donors (Lipinski definition) is 1. The number of hydrogen-bond acceptors (Lipinski definition) is 4. The first-order valence-electron chi connectivity index (χ1n) is 11.0. The summed E-state index contributed by atoms with van der Waals surface area (Å²) in [5.41, 5.74) is 0.535. The summed E-state index contributed by atoms with van der Waals surface area (Å²) in [6.07, 6.45) is 2.69. The fraction of sp³-hybridized carbons (Fsp3) is 0.320. The minimum absolute atomic E-state index is 0.247. The van der Waals surface area contributed by atoms with Crippen LogP contribution in [0, 0.1) is 0 Å². The molecule has 0 aliphatic carbocycles. The highest BCUT2D eigenvalue weighted by Gasteiger charge is 2.26. The smallest absolute Gasteiger partial charge is 0.265 e. The number of benzene rings is 3. The van der Waals surface area contributed by atoms with Gasteiger partial charge in [0.25, 0.3) is 5.91 Å². The maximum absolute atomic E-state index is 12.8. The minimum atomic E-state index is -3.49. The van der Waals surface area contributed by atoms with Crippen molar-refractivity contribution in [2.75, 3.05) is 18.4 Å². The Morgan fingerprint density at radius 2 is 1.66 bits per heavy atom. The molecular formula is C25H28N2O4S. The average Bonchev–Trinajstić information content (AvgIpc) is 2.83. The van der Waals surface area contributed by atoms with Crippen LogP contribution in [0.1, 0.15) is 32.6 Å². The summed E-state index contributed by atoms with van der Waals surface area (Å²) in [7, 11) is -3.49. The molecular weight excluding hydrogens is 424 g/mol. The predicted octanol–water partition coefficient (Wildman–Crippen LogP) is 4.81. The van der Waals surface area contributed by atoms with E-state index in [9.17, 15) is 13.2 Å². The third-order valence-electron chi connectivity index (χ3n) is 5.74. The zero-order valence-electron chi connectivity index (χ0n) is 18.2. The molecule has 0 radical (unpaired) electrons. The number of carbonyl (C=O) groups is 1. The van der Waals surface area contributed by atoms with Crippen LogP contribution in [0.3, 0.4) is 0 Å². The van der Waals surface area contributed by atoms with Gasteiger partial charge in [0.1, 0.15) is 5.75 Å². The van der Waals surface area contributed by atoms with Crippen LogP contribution in [-0.2, 0) is 14.8 Å². The predicted molar refractivity (Wildman–Crippen MR) is 126 cm³/mol. The summed E-state index contributed by atoms with van der Waals surface area (Å²) in [6, 6.07) is 20.1. The van der Waals surface area contributed by atoms with Gasteiger partial charge < -0.3 is 10.1 Å². The largest absolute Gasteiger partial charge is 0.481 e. The highest BCUT2D eigenvalue weighted by atomic mass is 32.2. The number of nitrogens with one attached hydrogen (secondary N) is 1. The number of ether oxygens (including phenoxy) is 1. The fourth-order valence-corrected chi connectivity index (χ4v) is 5.43. The van der Waals surface area contributed by atoms with Crippen LogP contribution < -0.4 is 10.1 Å². The first-order chi connectivity index (χ1) is 15.5. The second-order valence-electron chi connectivity index (χ2n) is 8.00. The third kappa shape index (κ3) is 4.95. The highest BCUT2D eigenvalue weighted by molar-refractivity contribution is 7.89. The van der Waals surface area contributed by atoms with Gasteiger partial charge in [-0.2, -0.15) is 4.31 Å². The van der Waals surface area contributed by atoms with Crippen molar-refractivity contribution in [1.29, 1.82) is 0 Å². The highest BCUT2D eigenvalue weighted by Crippen LogP contribution is 2.24. The number of nitrogens with zero attached hydrogens (tertiary/aromatic N) is 1. The fourth-order valence-electron chi connectivity index (χ4n) is 3.91. The van der Waals surface area contributed by atoms with Crippen LogP contribution in [-0.4, -0.2) is 37.8 Å². The SMILES string of the molecule is CCC(Oc1ccc2ccccc2c1)C(=O)Nc1ccc(S(=O)(=O)N2CCCCC2)cc1. The molecule has 6 nitrogen and oxygen atoms in total. The lowest BCUT2D eigenvalue weighted by Crippen LogP contribution is -2.35. The normalized spacial score (nSPS) is 15.9. The monoisotopic (exact) mass is 452 g/mol. The molecule has 1 amide bonds. The molecule has 1 aliphatic heterocycles. The summed E-state index contributed by atoms with van der Waals surface area (Å²) in [6.45, 7) is 3.01. The van der Waals surface area contributed by atoms with Crippen molar-refractivity contribution < 1.29 is 17.9 Å². The molecule has 1 atom stereocenters. The Morgan fingerprint density at radius 3 is 2.34 bits per heavy atom. The Bertz CT molecular complexity index is 1190. The van der Waals surface area contributed by atoms with Gasteiger partial charge >= 0.3 is 0 Å². The second-order valence-corrected chi connectivity index (χ2v) is 9.94. The number of fused-ring (bicyclic) bond motifs is 1. The van der Waals surface area contributed by atoms with E-state index >= 15 is 0 Å². The molecule has 32 heavy (non-hydrogen) atoms. The molecule has 3 aromatic rings. The Kier molecular flexibility index (Phi) is 6.77. The molecule has 1 heterocycles. The molecule has 1 saturated heterocycles. The summed E-state index contributed by atoms with van der Waals surface area (Å²) >= 11 is 0. The maximum Gasteiger partial charge on any atom is 0.265 e. The van der Waals surface area contributed by atoms with E-state index in [2.05, 4.69) is 5.32 Å². The summed E-state index contributed by atoms with van der Waals surface area (Å²) in [5, 5.41) is 4.99. The van der Waals surface area contributed by atoms with Gasteiger partial charge in [-0.15, -0.1) is 0 Å². The molecule has 168 valence electrons. The van der Waals surface area contributed by atoms with E-state index < -0.39 is 16.1 Å². The van der Waals surface area contributed by atoms with Gasteiger partial charge in [0.05, 0.1) is 4.90 Å². The molecule has 0 saturated carbocycles. The lowest BCUT2D eigenvalue weighted by Gasteiger charge is -2.26. The lowest BCUT2D eigenvalue weighted by molar-refractivity contribution is -0.122. The molecule has 4 rings (SSSR count). The molecule has 7 heteroatoms. The van der Waals surface area contributed by atoms with Crippen molar-refractivity contribution in [2.24, 2.45) is 0 Å². The van der Waals surface area contributed by atoms with E-state index in [1.54, 1.807) is 24.3 Å². The van der Waals surface area contributed by atoms with Crippen molar-refractivity contribution in [3.8, 4) is 5.75 Å². The summed E-state index contributed by atoms with van der Waals surface area (Å²) in [4.78, 5) is 13.0. The Balaban J connectivity index is 1.42. The number of amides is 1. The zero-order valence-corrected chi connectivity index (χ0v) is 19.0. The number of piperidine rings is 1. The average molecular weight is 453 g/mol. The van der Waals surface area contributed by atoms with Crippen molar-refractivity contribution in [3.63, 3.8) is 0 Å². The van der Waals surface area contributed by atoms with E-state index in [1.165, 1.54) is 4.31 Å². The van der Waals surface area contributed by atoms with Crippen LogP contribution >= 0.6 is 0 Å². The van der Waals surface area contributed by atoms with Crippen molar-refractivity contribution in [3.05, 3.63) is 66.7 Å². The Morgan fingerprint density at radius 1 is 0.969 bits per heavy atom.